The summed E-state index contributed by atoms with van der Waals surface area (Å²) in [5.41, 5.74) is 0.507. The molecule has 0 N–H and O–H groups in total. The molecule has 35 heavy (non-hydrogen) atoms. The lowest BCUT2D eigenvalue weighted by atomic mass is 9.93. The van der Waals surface area contributed by atoms with Gasteiger partial charge in [0.25, 0.3) is 0 Å². The molecule has 196 valence electrons. The molecule has 3 aliphatic heterocycles. The van der Waals surface area contributed by atoms with Crippen LogP contribution < -0.4 is 0 Å². The zero-order chi connectivity index (χ0) is 24.8. The lowest BCUT2D eigenvalue weighted by molar-refractivity contribution is 0.0888. The molecule has 3 saturated heterocycles. The Bertz CT molecular complexity index is 925. The molecule has 1 aromatic rings. The van der Waals surface area contributed by atoms with Crippen molar-refractivity contribution in [2.45, 2.75) is 70.1 Å². The van der Waals surface area contributed by atoms with Crippen LogP contribution in [-0.2, 0) is 10.0 Å². The second-order valence-electron chi connectivity index (χ2n) is 11.5. The van der Waals surface area contributed by atoms with Crippen molar-refractivity contribution in [1.82, 2.24) is 14.1 Å². The van der Waals surface area contributed by atoms with Crippen LogP contribution in [0.25, 0.3) is 0 Å². The number of likely N-dealkylation sites (tertiary alicyclic amines) is 2. The summed E-state index contributed by atoms with van der Waals surface area (Å²) < 4.78 is 28.2. The fourth-order valence-electron chi connectivity index (χ4n) is 6.23. The van der Waals surface area contributed by atoms with E-state index in [1.54, 1.807) is 28.6 Å². The third-order valence-electron chi connectivity index (χ3n) is 8.26. The monoisotopic (exact) mass is 503 g/mol. The number of Topliss-reactive ketones (excluding diaryl/α,β-unsaturated/α-hetero) is 1. The molecule has 0 saturated carbocycles. The van der Waals surface area contributed by atoms with E-state index < -0.39 is 10.0 Å². The second kappa shape index (κ2) is 12.3. The van der Waals surface area contributed by atoms with Gasteiger partial charge in [-0.15, -0.1) is 0 Å². The molecule has 0 amide bonds. The van der Waals surface area contributed by atoms with Crippen LogP contribution in [0.15, 0.2) is 29.2 Å². The Labute approximate surface area is 213 Å². The first kappa shape index (κ1) is 26.8. The molecule has 0 aromatic heterocycles. The maximum absolute atomic E-state index is 13.3. The Morgan fingerprint density at radius 3 is 2.23 bits per heavy atom. The van der Waals surface area contributed by atoms with Crippen LogP contribution in [0, 0.1) is 17.8 Å². The van der Waals surface area contributed by atoms with Gasteiger partial charge in [0.15, 0.2) is 5.78 Å². The average Bonchev–Trinajstić information content (AvgIpc) is 3.12. The summed E-state index contributed by atoms with van der Waals surface area (Å²) in [5, 5.41) is 0. The van der Waals surface area contributed by atoms with Crippen molar-refractivity contribution in [2.75, 3.05) is 52.4 Å². The zero-order valence-corrected chi connectivity index (χ0v) is 22.6. The average molecular weight is 504 g/mol. The van der Waals surface area contributed by atoms with E-state index in [1.165, 1.54) is 51.7 Å². The van der Waals surface area contributed by atoms with Crippen LogP contribution in [0.1, 0.15) is 75.6 Å². The predicted molar refractivity (Wildman–Crippen MR) is 141 cm³/mol. The Balaban J connectivity index is 1.28. The van der Waals surface area contributed by atoms with E-state index in [-0.39, 0.29) is 10.7 Å². The Hall–Kier alpha value is -1.28. The van der Waals surface area contributed by atoms with Crippen LogP contribution in [0.4, 0.5) is 0 Å². The Kier molecular flexibility index (Phi) is 9.41. The first-order valence-electron chi connectivity index (χ1n) is 13.9. The van der Waals surface area contributed by atoms with Gasteiger partial charge >= 0.3 is 0 Å². The predicted octanol–water partition coefficient (Wildman–Crippen LogP) is 4.51. The van der Waals surface area contributed by atoms with Crippen molar-refractivity contribution < 1.29 is 13.2 Å². The van der Waals surface area contributed by atoms with Gasteiger partial charge in [-0.05, 0) is 101 Å². The van der Waals surface area contributed by atoms with Crippen LogP contribution in [-0.4, -0.2) is 80.7 Å². The van der Waals surface area contributed by atoms with Crippen molar-refractivity contribution in [3.63, 3.8) is 0 Å². The number of carbonyl (C=O) groups excluding carboxylic acids is 1. The van der Waals surface area contributed by atoms with Gasteiger partial charge in [0.2, 0.25) is 10.0 Å². The highest BCUT2D eigenvalue weighted by molar-refractivity contribution is 7.89. The van der Waals surface area contributed by atoms with Gasteiger partial charge in [0.05, 0.1) is 11.4 Å². The normalized spacial score (nSPS) is 26.5. The third kappa shape index (κ3) is 7.37. The van der Waals surface area contributed by atoms with Gasteiger partial charge < -0.3 is 4.90 Å². The van der Waals surface area contributed by atoms with E-state index in [2.05, 4.69) is 23.6 Å². The number of ketones is 1. The molecule has 0 spiro atoms. The highest BCUT2D eigenvalue weighted by Gasteiger charge is 2.32. The highest BCUT2D eigenvalue weighted by Crippen LogP contribution is 2.27. The molecule has 0 aliphatic carbocycles. The number of piperidine rings is 2. The molecule has 3 aliphatic rings. The summed E-state index contributed by atoms with van der Waals surface area (Å²) >= 11 is 0. The summed E-state index contributed by atoms with van der Waals surface area (Å²) in [5.74, 6) is 1.48. The largest absolute Gasteiger partial charge is 0.303 e. The molecular formula is C28H45N3O3S. The number of hydrogen-bond acceptors (Lipinski definition) is 5. The third-order valence-corrected chi connectivity index (χ3v) is 10.1. The lowest BCUT2D eigenvalue weighted by Crippen LogP contribution is -2.42. The van der Waals surface area contributed by atoms with Gasteiger partial charge in [-0.2, -0.15) is 4.31 Å². The maximum atomic E-state index is 13.3. The first-order chi connectivity index (χ1) is 16.8. The summed E-state index contributed by atoms with van der Waals surface area (Å²) in [6, 6.07) is 6.70. The number of nitrogens with zero attached hydrogens (tertiary/aromatic N) is 3. The smallest absolute Gasteiger partial charge is 0.243 e. The standard InChI is InChI=1S/C28H45N3O3S/c1-23-18-24(2)21-31(20-23)35(33,34)27-9-7-8-26(19-27)28(32)22-30-16-11-25(12-17-30)10-15-29-13-5-3-4-6-14-29/h7-9,19,23-25H,3-6,10-18,20-22H2,1-2H3. The molecule has 7 heteroatoms. The van der Waals surface area contributed by atoms with E-state index in [9.17, 15) is 13.2 Å². The number of rotatable bonds is 8. The minimum Gasteiger partial charge on any atom is -0.303 e. The SMILES string of the molecule is CC1CC(C)CN(S(=O)(=O)c2cccc(C(=O)CN3CCC(CCN4CCCCCC4)CC3)c2)C1. The minimum atomic E-state index is -3.58. The lowest BCUT2D eigenvalue weighted by Gasteiger charge is -2.34. The quantitative estimate of drug-likeness (QED) is 0.489. The van der Waals surface area contributed by atoms with Crippen molar-refractivity contribution in [3.8, 4) is 0 Å². The molecular weight excluding hydrogens is 458 g/mol. The minimum absolute atomic E-state index is 0.0189. The van der Waals surface area contributed by atoms with E-state index in [4.69, 9.17) is 0 Å². The van der Waals surface area contributed by atoms with Crippen LogP contribution >= 0.6 is 0 Å². The number of carbonyl (C=O) groups is 1. The topological polar surface area (TPSA) is 60.9 Å². The first-order valence-corrected chi connectivity index (χ1v) is 15.3. The van der Waals surface area contributed by atoms with Gasteiger partial charge in [0, 0.05) is 18.7 Å². The van der Waals surface area contributed by atoms with Crippen molar-refractivity contribution in [1.29, 1.82) is 0 Å². The summed E-state index contributed by atoms with van der Waals surface area (Å²) in [6.07, 6.45) is 10.1. The molecule has 2 atom stereocenters. The van der Waals surface area contributed by atoms with Crippen LogP contribution in [0.2, 0.25) is 0 Å². The van der Waals surface area contributed by atoms with E-state index in [1.807, 2.05) is 0 Å². The molecule has 0 bridgehead atoms. The summed E-state index contributed by atoms with van der Waals surface area (Å²) in [6.45, 7) is 11.4. The van der Waals surface area contributed by atoms with Gasteiger partial charge in [-0.1, -0.05) is 38.8 Å². The van der Waals surface area contributed by atoms with Gasteiger partial charge in [0.1, 0.15) is 0 Å². The van der Waals surface area contributed by atoms with Gasteiger partial charge in [-0.25, -0.2) is 8.42 Å². The van der Waals surface area contributed by atoms with E-state index in [0.717, 1.165) is 38.3 Å². The number of hydrogen-bond donors (Lipinski definition) is 0. The Morgan fingerprint density at radius 2 is 1.57 bits per heavy atom. The van der Waals surface area contributed by atoms with Crippen molar-refractivity contribution in [2.24, 2.45) is 17.8 Å². The maximum Gasteiger partial charge on any atom is 0.243 e. The van der Waals surface area contributed by atoms with E-state index >= 15 is 0 Å². The second-order valence-corrected chi connectivity index (χ2v) is 13.4. The molecule has 2 unspecified atom stereocenters. The summed E-state index contributed by atoms with van der Waals surface area (Å²) in [7, 11) is -3.58. The Morgan fingerprint density at radius 1 is 0.914 bits per heavy atom. The number of sulfonamides is 1. The summed E-state index contributed by atoms with van der Waals surface area (Å²) in [4.78, 5) is 18.2. The molecule has 4 rings (SSSR count). The zero-order valence-electron chi connectivity index (χ0n) is 21.8. The molecule has 3 heterocycles. The fraction of sp³-hybridized carbons (Fsp3) is 0.750. The van der Waals surface area contributed by atoms with Crippen LogP contribution in [0.5, 0.6) is 0 Å². The highest BCUT2D eigenvalue weighted by atomic mass is 32.2. The van der Waals surface area contributed by atoms with Gasteiger partial charge in [-0.3, -0.25) is 9.69 Å². The molecule has 3 fully saturated rings. The molecule has 0 radical (unpaired) electrons. The van der Waals surface area contributed by atoms with Crippen molar-refractivity contribution in [3.05, 3.63) is 29.8 Å². The van der Waals surface area contributed by atoms with E-state index in [0.29, 0.717) is 37.0 Å². The molecule has 1 aromatic carbocycles. The fourth-order valence-corrected chi connectivity index (χ4v) is 7.96. The number of benzene rings is 1. The molecule has 6 nitrogen and oxygen atoms in total. The van der Waals surface area contributed by atoms with Crippen LogP contribution in [0.3, 0.4) is 0 Å². The van der Waals surface area contributed by atoms with Crippen molar-refractivity contribution >= 4 is 15.8 Å².